The monoisotopic (exact) mass is 318 g/mol. The van der Waals surface area contributed by atoms with E-state index in [0.29, 0.717) is 0 Å². The number of fused-ring (bicyclic) bond motifs is 1. The summed E-state index contributed by atoms with van der Waals surface area (Å²) < 4.78 is 29.3. The Balaban J connectivity index is 2.10. The van der Waals surface area contributed by atoms with E-state index in [-0.39, 0.29) is 36.2 Å². The highest BCUT2D eigenvalue weighted by molar-refractivity contribution is 5.03. The molecule has 0 saturated heterocycles. The van der Waals surface area contributed by atoms with Crippen molar-refractivity contribution in [3.63, 3.8) is 0 Å². The van der Waals surface area contributed by atoms with Gasteiger partial charge >= 0.3 is 0 Å². The van der Waals surface area contributed by atoms with Crippen LogP contribution in [-0.4, -0.2) is 27.8 Å². The summed E-state index contributed by atoms with van der Waals surface area (Å²) in [6.07, 6.45) is 3.89. The van der Waals surface area contributed by atoms with Gasteiger partial charge in [-0.15, -0.1) is 0 Å². The second-order valence-electron chi connectivity index (χ2n) is 8.62. The SMILES string of the molecule is C[C@@H]([C@H]1CC[C@H]2[C@@H](O)CCC[C@]12C)C(F)(F)CCC(C)(C)O. The normalized spacial score (nSPS) is 37.9. The minimum atomic E-state index is -2.76. The number of alkyl halides is 2. The summed E-state index contributed by atoms with van der Waals surface area (Å²) in [5.74, 6) is -3.32. The molecule has 0 radical (unpaired) electrons. The van der Waals surface area contributed by atoms with E-state index in [1.54, 1.807) is 20.8 Å². The van der Waals surface area contributed by atoms with Gasteiger partial charge in [-0.05, 0) is 63.2 Å². The third-order valence-corrected chi connectivity index (χ3v) is 6.50. The van der Waals surface area contributed by atoms with Crippen molar-refractivity contribution in [2.45, 2.75) is 90.3 Å². The van der Waals surface area contributed by atoms with E-state index in [9.17, 15) is 19.0 Å². The number of hydrogen-bond acceptors (Lipinski definition) is 2. The van der Waals surface area contributed by atoms with Gasteiger partial charge in [0.2, 0.25) is 0 Å². The smallest absolute Gasteiger partial charge is 0.251 e. The summed E-state index contributed by atoms with van der Waals surface area (Å²) in [5, 5.41) is 20.0. The van der Waals surface area contributed by atoms with Crippen LogP contribution in [0.25, 0.3) is 0 Å². The Labute approximate surface area is 133 Å². The predicted molar refractivity (Wildman–Crippen MR) is 83.8 cm³/mol. The zero-order chi connectivity index (χ0) is 16.8. The summed E-state index contributed by atoms with van der Waals surface area (Å²) in [6, 6.07) is 0. The lowest BCUT2D eigenvalue weighted by Crippen LogP contribution is -2.45. The van der Waals surface area contributed by atoms with E-state index >= 15 is 0 Å². The van der Waals surface area contributed by atoms with Gasteiger partial charge in [0, 0.05) is 12.3 Å². The molecule has 2 nitrogen and oxygen atoms in total. The minimum Gasteiger partial charge on any atom is -0.393 e. The molecule has 4 heteroatoms. The van der Waals surface area contributed by atoms with Crippen LogP contribution in [-0.2, 0) is 0 Å². The molecular weight excluding hydrogens is 286 g/mol. The van der Waals surface area contributed by atoms with Gasteiger partial charge in [-0.25, -0.2) is 8.78 Å². The minimum absolute atomic E-state index is 0.0377. The van der Waals surface area contributed by atoms with Crippen molar-refractivity contribution < 1.29 is 19.0 Å². The van der Waals surface area contributed by atoms with Crippen molar-refractivity contribution in [1.82, 2.24) is 0 Å². The largest absolute Gasteiger partial charge is 0.393 e. The van der Waals surface area contributed by atoms with Crippen molar-refractivity contribution in [2.75, 3.05) is 0 Å². The van der Waals surface area contributed by atoms with E-state index < -0.39 is 17.4 Å². The molecule has 22 heavy (non-hydrogen) atoms. The third kappa shape index (κ3) is 3.48. The van der Waals surface area contributed by atoms with Crippen molar-refractivity contribution in [2.24, 2.45) is 23.2 Å². The van der Waals surface area contributed by atoms with Gasteiger partial charge in [-0.1, -0.05) is 20.3 Å². The fraction of sp³-hybridized carbons (Fsp3) is 1.00. The van der Waals surface area contributed by atoms with Gasteiger partial charge in [-0.3, -0.25) is 0 Å². The van der Waals surface area contributed by atoms with E-state index in [0.717, 1.165) is 32.1 Å². The van der Waals surface area contributed by atoms with Crippen molar-refractivity contribution in [3.8, 4) is 0 Å². The summed E-state index contributed by atoms with van der Waals surface area (Å²) in [4.78, 5) is 0. The van der Waals surface area contributed by atoms with Crippen molar-refractivity contribution in [3.05, 3.63) is 0 Å². The number of aliphatic hydroxyl groups excluding tert-OH is 1. The number of halogens is 2. The molecular formula is C18H32F2O2. The van der Waals surface area contributed by atoms with E-state index in [1.165, 1.54) is 0 Å². The topological polar surface area (TPSA) is 40.5 Å². The summed E-state index contributed by atoms with van der Waals surface area (Å²) in [5.41, 5.74) is -1.21. The molecule has 130 valence electrons. The Bertz CT molecular complexity index is 391. The van der Waals surface area contributed by atoms with Crippen LogP contribution >= 0.6 is 0 Å². The van der Waals surface area contributed by atoms with Gasteiger partial charge in [0.15, 0.2) is 0 Å². The Morgan fingerprint density at radius 3 is 2.41 bits per heavy atom. The summed E-state index contributed by atoms with van der Waals surface area (Å²) >= 11 is 0. The molecule has 2 fully saturated rings. The number of aliphatic hydroxyl groups is 2. The lowest BCUT2D eigenvalue weighted by molar-refractivity contribution is -0.121. The first-order chi connectivity index (χ1) is 9.97. The van der Waals surface area contributed by atoms with Crippen LogP contribution in [0.1, 0.15) is 72.6 Å². The molecule has 0 spiro atoms. The van der Waals surface area contributed by atoms with Crippen molar-refractivity contribution in [1.29, 1.82) is 0 Å². The molecule has 0 heterocycles. The van der Waals surface area contributed by atoms with Crippen LogP contribution in [0, 0.1) is 23.2 Å². The van der Waals surface area contributed by atoms with E-state index in [4.69, 9.17) is 0 Å². The van der Waals surface area contributed by atoms with Gasteiger partial charge < -0.3 is 10.2 Å². The van der Waals surface area contributed by atoms with Gasteiger partial charge in [-0.2, -0.15) is 0 Å². The number of rotatable bonds is 5. The average Bonchev–Trinajstić information content (AvgIpc) is 2.73. The molecule has 5 atom stereocenters. The summed E-state index contributed by atoms with van der Waals surface area (Å²) in [7, 11) is 0. The van der Waals surface area contributed by atoms with E-state index in [2.05, 4.69) is 6.92 Å². The van der Waals surface area contributed by atoms with Crippen LogP contribution in [0.15, 0.2) is 0 Å². The molecule has 0 amide bonds. The molecule has 2 aliphatic rings. The molecule has 2 rings (SSSR count). The first kappa shape index (κ1) is 18.1. The zero-order valence-corrected chi connectivity index (χ0v) is 14.4. The Morgan fingerprint density at radius 1 is 1.18 bits per heavy atom. The Kier molecular flexibility index (Phi) is 4.95. The fourth-order valence-electron chi connectivity index (χ4n) is 5.01. The first-order valence-corrected chi connectivity index (χ1v) is 8.76. The predicted octanol–water partition coefficient (Wildman–Crippen LogP) is 4.39. The second kappa shape index (κ2) is 6.01. The van der Waals surface area contributed by atoms with Crippen LogP contribution < -0.4 is 0 Å². The van der Waals surface area contributed by atoms with Crippen LogP contribution in [0.2, 0.25) is 0 Å². The van der Waals surface area contributed by atoms with Crippen LogP contribution in [0.5, 0.6) is 0 Å². The first-order valence-electron chi connectivity index (χ1n) is 8.76. The highest BCUT2D eigenvalue weighted by Gasteiger charge is 2.56. The maximum atomic E-state index is 14.7. The zero-order valence-electron chi connectivity index (χ0n) is 14.4. The molecule has 0 aliphatic heterocycles. The average molecular weight is 318 g/mol. The lowest BCUT2D eigenvalue weighted by Gasteiger charge is -2.46. The molecule has 0 aromatic heterocycles. The van der Waals surface area contributed by atoms with Gasteiger partial charge in [0.05, 0.1) is 11.7 Å². The standard InChI is InChI=1S/C18H32F2O2/c1-12(18(19,20)11-10-16(2,3)22)13-7-8-14-15(21)6-5-9-17(13,14)4/h12-15,21-22H,5-11H2,1-4H3/t12-,13+,14-,15-,17+/m0/s1. The molecule has 2 aliphatic carbocycles. The Morgan fingerprint density at radius 2 is 1.82 bits per heavy atom. The summed E-state index contributed by atoms with van der Waals surface area (Å²) in [6.45, 7) is 6.94. The van der Waals surface area contributed by atoms with E-state index in [1.807, 2.05) is 0 Å². The Hall–Kier alpha value is -0.220. The maximum absolute atomic E-state index is 14.7. The quantitative estimate of drug-likeness (QED) is 0.789. The molecule has 0 aromatic carbocycles. The number of hydrogen-bond donors (Lipinski definition) is 2. The van der Waals surface area contributed by atoms with Crippen LogP contribution in [0.4, 0.5) is 8.78 Å². The molecule has 2 N–H and O–H groups in total. The fourth-order valence-corrected chi connectivity index (χ4v) is 5.01. The molecule has 2 saturated carbocycles. The molecule has 0 bridgehead atoms. The lowest BCUT2D eigenvalue weighted by atomic mass is 9.61. The van der Waals surface area contributed by atoms with Crippen LogP contribution in [0.3, 0.4) is 0 Å². The molecule has 0 aromatic rings. The second-order valence-corrected chi connectivity index (χ2v) is 8.62. The van der Waals surface area contributed by atoms with Crippen molar-refractivity contribution >= 4 is 0 Å². The highest BCUT2D eigenvalue weighted by Crippen LogP contribution is 2.59. The van der Waals surface area contributed by atoms with Gasteiger partial charge in [0.25, 0.3) is 5.92 Å². The third-order valence-electron chi connectivity index (χ3n) is 6.50. The van der Waals surface area contributed by atoms with Gasteiger partial charge in [0.1, 0.15) is 0 Å². The highest BCUT2D eigenvalue weighted by atomic mass is 19.3. The molecule has 0 unspecified atom stereocenters. The maximum Gasteiger partial charge on any atom is 0.251 e.